The van der Waals surface area contributed by atoms with Gasteiger partial charge in [-0.25, -0.2) is 13.2 Å². The van der Waals surface area contributed by atoms with Crippen LogP contribution in [0.5, 0.6) is 0 Å². The summed E-state index contributed by atoms with van der Waals surface area (Å²) in [6.45, 7) is 4.04. The Morgan fingerprint density at radius 3 is 2.25 bits per heavy atom. The summed E-state index contributed by atoms with van der Waals surface area (Å²) in [6, 6.07) is 1.53. The highest BCUT2D eigenvalue weighted by molar-refractivity contribution is 5.23. The van der Waals surface area contributed by atoms with Gasteiger partial charge in [-0.15, -0.1) is 0 Å². The number of benzene rings is 1. The molecular weight excluding hydrogens is 215 g/mol. The van der Waals surface area contributed by atoms with Gasteiger partial charge < -0.3 is 5.73 Å². The SMILES string of the molecule is CC(C)CC[C@H](N)c1ccc(F)c(F)c1F. The third kappa shape index (κ3) is 2.98. The van der Waals surface area contributed by atoms with Crippen LogP contribution in [0, 0.1) is 23.4 Å². The second kappa shape index (κ2) is 5.34. The predicted molar refractivity (Wildman–Crippen MR) is 57.3 cm³/mol. The lowest BCUT2D eigenvalue weighted by atomic mass is 9.98. The molecule has 1 atom stereocenters. The van der Waals surface area contributed by atoms with E-state index in [1.807, 2.05) is 13.8 Å². The van der Waals surface area contributed by atoms with E-state index in [-0.39, 0.29) is 5.56 Å². The van der Waals surface area contributed by atoms with Crippen LogP contribution in [-0.4, -0.2) is 0 Å². The molecule has 90 valence electrons. The number of hydrogen-bond acceptors (Lipinski definition) is 1. The van der Waals surface area contributed by atoms with Gasteiger partial charge in [-0.2, -0.15) is 0 Å². The van der Waals surface area contributed by atoms with Crippen LogP contribution < -0.4 is 5.73 Å². The van der Waals surface area contributed by atoms with Crippen LogP contribution in [0.15, 0.2) is 12.1 Å². The number of halogens is 3. The summed E-state index contributed by atoms with van der Waals surface area (Å²) < 4.78 is 39.0. The molecule has 0 aliphatic heterocycles. The molecule has 0 heterocycles. The second-order valence-electron chi connectivity index (χ2n) is 4.34. The van der Waals surface area contributed by atoms with Crippen LogP contribution in [-0.2, 0) is 0 Å². The Hall–Kier alpha value is -1.03. The Labute approximate surface area is 93.5 Å². The van der Waals surface area contributed by atoms with Gasteiger partial charge >= 0.3 is 0 Å². The van der Waals surface area contributed by atoms with Gasteiger partial charge in [-0.05, 0) is 24.8 Å². The monoisotopic (exact) mass is 231 g/mol. The zero-order valence-corrected chi connectivity index (χ0v) is 9.43. The Morgan fingerprint density at radius 2 is 1.69 bits per heavy atom. The van der Waals surface area contributed by atoms with Gasteiger partial charge in [-0.1, -0.05) is 19.9 Å². The molecule has 0 aromatic heterocycles. The third-order valence-corrected chi connectivity index (χ3v) is 2.52. The molecule has 0 bridgehead atoms. The average molecular weight is 231 g/mol. The lowest BCUT2D eigenvalue weighted by Gasteiger charge is -2.14. The molecule has 1 aromatic rings. The van der Waals surface area contributed by atoms with Gasteiger partial charge in [0, 0.05) is 11.6 Å². The van der Waals surface area contributed by atoms with Gasteiger partial charge in [0.1, 0.15) is 0 Å². The maximum atomic E-state index is 13.3. The molecule has 0 aliphatic rings. The van der Waals surface area contributed by atoms with Crippen molar-refractivity contribution in [3.05, 3.63) is 35.1 Å². The van der Waals surface area contributed by atoms with Crippen molar-refractivity contribution in [2.75, 3.05) is 0 Å². The largest absolute Gasteiger partial charge is 0.324 e. The fraction of sp³-hybridized carbons (Fsp3) is 0.500. The third-order valence-electron chi connectivity index (χ3n) is 2.52. The topological polar surface area (TPSA) is 26.0 Å². The minimum Gasteiger partial charge on any atom is -0.324 e. The van der Waals surface area contributed by atoms with Crippen molar-refractivity contribution in [3.8, 4) is 0 Å². The van der Waals surface area contributed by atoms with E-state index in [1.54, 1.807) is 0 Å². The van der Waals surface area contributed by atoms with Gasteiger partial charge in [-0.3, -0.25) is 0 Å². The highest BCUT2D eigenvalue weighted by Gasteiger charge is 2.18. The molecule has 1 nitrogen and oxygen atoms in total. The van der Waals surface area contributed by atoms with Crippen molar-refractivity contribution in [3.63, 3.8) is 0 Å². The van der Waals surface area contributed by atoms with E-state index in [4.69, 9.17) is 5.73 Å². The molecule has 0 amide bonds. The molecule has 0 unspecified atom stereocenters. The van der Waals surface area contributed by atoms with Crippen LogP contribution in [0.3, 0.4) is 0 Å². The second-order valence-corrected chi connectivity index (χ2v) is 4.34. The van der Waals surface area contributed by atoms with Crippen LogP contribution in [0.2, 0.25) is 0 Å². The molecule has 0 radical (unpaired) electrons. The number of rotatable bonds is 4. The van der Waals surface area contributed by atoms with Crippen molar-refractivity contribution in [2.45, 2.75) is 32.7 Å². The van der Waals surface area contributed by atoms with Crippen molar-refractivity contribution in [1.82, 2.24) is 0 Å². The minimum absolute atomic E-state index is 0.0413. The normalized spacial score (nSPS) is 13.2. The maximum absolute atomic E-state index is 13.3. The molecule has 2 N–H and O–H groups in total. The first-order valence-electron chi connectivity index (χ1n) is 5.32. The van der Waals surface area contributed by atoms with Crippen LogP contribution >= 0.6 is 0 Å². The molecule has 0 saturated carbocycles. The predicted octanol–water partition coefficient (Wildman–Crippen LogP) is 3.54. The Morgan fingerprint density at radius 1 is 1.06 bits per heavy atom. The molecule has 0 spiro atoms. The van der Waals surface area contributed by atoms with Gasteiger partial charge in [0.25, 0.3) is 0 Å². The molecule has 0 saturated heterocycles. The quantitative estimate of drug-likeness (QED) is 0.788. The van der Waals surface area contributed by atoms with Crippen LogP contribution in [0.4, 0.5) is 13.2 Å². The summed E-state index contributed by atoms with van der Waals surface area (Å²) >= 11 is 0. The Bertz CT molecular complexity index is 364. The molecule has 16 heavy (non-hydrogen) atoms. The standard InChI is InChI=1S/C12H16F3N/c1-7(2)3-6-10(16)8-4-5-9(13)12(15)11(8)14/h4-5,7,10H,3,6,16H2,1-2H3/t10-/m0/s1. The average Bonchev–Trinajstić information content (AvgIpc) is 2.23. The zero-order chi connectivity index (χ0) is 12.3. The van der Waals surface area contributed by atoms with E-state index in [0.29, 0.717) is 12.3 Å². The summed E-state index contributed by atoms with van der Waals surface area (Å²) in [6.07, 6.45) is 1.37. The summed E-state index contributed by atoms with van der Waals surface area (Å²) in [5.41, 5.74) is 5.78. The van der Waals surface area contributed by atoms with Gasteiger partial charge in [0.2, 0.25) is 0 Å². The van der Waals surface area contributed by atoms with Crippen molar-refractivity contribution < 1.29 is 13.2 Å². The van der Waals surface area contributed by atoms with Crippen molar-refractivity contribution in [1.29, 1.82) is 0 Å². The van der Waals surface area contributed by atoms with Crippen molar-refractivity contribution in [2.24, 2.45) is 11.7 Å². The van der Waals surface area contributed by atoms with Gasteiger partial charge in [0.15, 0.2) is 17.5 Å². The first-order valence-corrected chi connectivity index (χ1v) is 5.32. The van der Waals surface area contributed by atoms with E-state index in [0.717, 1.165) is 12.5 Å². The van der Waals surface area contributed by atoms with E-state index in [1.165, 1.54) is 6.07 Å². The highest BCUT2D eigenvalue weighted by Crippen LogP contribution is 2.24. The molecule has 1 aromatic carbocycles. The smallest absolute Gasteiger partial charge is 0.194 e. The van der Waals surface area contributed by atoms with E-state index >= 15 is 0 Å². The Balaban J connectivity index is 2.84. The van der Waals surface area contributed by atoms with E-state index in [2.05, 4.69) is 0 Å². The first-order chi connectivity index (χ1) is 7.43. The fourth-order valence-corrected chi connectivity index (χ4v) is 1.50. The first kappa shape index (κ1) is 13.0. The lowest BCUT2D eigenvalue weighted by Crippen LogP contribution is -2.14. The maximum Gasteiger partial charge on any atom is 0.194 e. The fourth-order valence-electron chi connectivity index (χ4n) is 1.50. The minimum atomic E-state index is -1.45. The molecular formula is C12H16F3N. The van der Waals surface area contributed by atoms with Crippen LogP contribution in [0.1, 0.15) is 38.3 Å². The number of nitrogens with two attached hydrogens (primary N) is 1. The van der Waals surface area contributed by atoms with E-state index < -0.39 is 23.5 Å². The summed E-state index contributed by atoms with van der Waals surface area (Å²) in [7, 11) is 0. The molecule has 1 rings (SSSR count). The lowest BCUT2D eigenvalue weighted by molar-refractivity contribution is 0.427. The summed E-state index contributed by atoms with van der Waals surface area (Å²) in [5.74, 6) is -3.36. The van der Waals surface area contributed by atoms with Crippen LogP contribution in [0.25, 0.3) is 0 Å². The molecule has 0 fully saturated rings. The molecule has 0 aliphatic carbocycles. The summed E-state index contributed by atoms with van der Waals surface area (Å²) in [5, 5.41) is 0. The zero-order valence-electron chi connectivity index (χ0n) is 9.43. The molecule has 4 heteroatoms. The van der Waals surface area contributed by atoms with E-state index in [9.17, 15) is 13.2 Å². The van der Waals surface area contributed by atoms with Crippen molar-refractivity contribution >= 4 is 0 Å². The highest BCUT2D eigenvalue weighted by atomic mass is 19.2. The summed E-state index contributed by atoms with van der Waals surface area (Å²) in [4.78, 5) is 0. The number of hydrogen-bond donors (Lipinski definition) is 1. The Kier molecular flexibility index (Phi) is 4.35. The van der Waals surface area contributed by atoms with Gasteiger partial charge in [0.05, 0.1) is 0 Å².